The van der Waals surface area contributed by atoms with Crippen molar-refractivity contribution in [1.29, 1.82) is 0 Å². The van der Waals surface area contributed by atoms with Crippen molar-refractivity contribution in [3.05, 3.63) is 35.6 Å². The summed E-state index contributed by atoms with van der Waals surface area (Å²) in [6.45, 7) is 3.04. The molecular formula is C12H15FO3. The molecule has 2 unspecified atom stereocenters. The van der Waals surface area contributed by atoms with E-state index in [9.17, 15) is 14.3 Å². The predicted molar refractivity (Wildman–Crippen MR) is 57.7 cm³/mol. The zero-order chi connectivity index (χ0) is 12.3. The van der Waals surface area contributed by atoms with E-state index < -0.39 is 17.5 Å². The molecule has 0 aromatic heterocycles. The highest BCUT2D eigenvalue weighted by Crippen LogP contribution is 2.31. The Hall–Kier alpha value is -1.42. The second-order valence-electron chi connectivity index (χ2n) is 3.97. The van der Waals surface area contributed by atoms with Gasteiger partial charge in [-0.15, -0.1) is 0 Å². The number of benzene rings is 1. The van der Waals surface area contributed by atoms with Crippen LogP contribution in [-0.4, -0.2) is 21.8 Å². The van der Waals surface area contributed by atoms with Crippen LogP contribution in [0.15, 0.2) is 24.3 Å². The average molecular weight is 226 g/mol. The van der Waals surface area contributed by atoms with Crippen LogP contribution in [-0.2, 0) is 4.79 Å². The molecule has 4 heteroatoms. The van der Waals surface area contributed by atoms with Crippen molar-refractivity contribution in [3.63, 3.8) is 0 Å². The third kappa shape index (κ3) is 2.39. The van der Waals surface area contributed by atoms with Gasteiger partial charge in [-0.25, -0.2) is 9.18 Å². The predicted octanol–water partition coefficient (Wildman–Crippen LogP) is 2.15. The van der Waals surface area contributed by atoms with Gasteiger partial charge in [0.2, 0.25) is 0 Å². The molecule has 0 bridgehead atoms. The first kappa shape index (κ1) is 12.6. The van der Waals surface area contributed by atoms with Crippen molar-refractivity contribution in [2.24, 2.45) is 0 Å². The first-order chi connectivity index (χ1) is 7.39. The van der Waals surface area contributed by atoms with Crippen molar-refractivity contribution in [3.8, 4) is 0 Å². The molecule has 0 radical (unpaired) electrons. The minimum Gasteiger partial charge on any atom is -0.479 e. The number of carbonyl (C=O) groups is 1. The van der Waals surface area contributed by atoms with Crippen molar-refractivity contribution in [2.75, 3.05) is 0 Å². The molecule has 16 heavy (non-hydrogen) atoms. The van der Waals surface area contributed by atoms with Gasteiger partial charge in [0.1, 0.15) is 5.82 Å². The van der Waals surface area contributed by atoms with Gasteiger partial charge in [0.15, 0.2) is 5.60 Å². The second kappa shape index (κ2) is 4.61. The summed E-state index contributed by atoms with van der Waals surface area (Å²) < 4.78 is 12.7. The fourth-order valence-electron chi connectivity index (χ4n) is 1.80. The van der Waals surface area contributed by atoms with Crippen LogP contribution in [0, 0.1) is 5.82 Å². The van der Waals surface area contributed by atoms with Crippen LogP contribution in [0.4, 0.5) is 4.39 Å². The first-order valence-electron chi connectivity index (χ1n) is 5.10. The molecule has 0 fully saturated rings. The van der Waals surface area contributed by atoms with Gasteiger partial charge < -0.3 is 10.2 Å². The molecular weight excluding hydrogens is 211 g/mol. The van der Waals surface area contributed by atoms with Crippen LogP contribution in [0.2, 0.25) is 0 Å². The topological polar surface area (TPSA) is 57.5 Å². The number of rotatable bonds is 4. The van der Waals surface area contributed by atoms with Gasteiger partial charge in [0.25, 0.3) is 0 Å². The van der Waals surface area contributed by atoms with E-state index in [1.807, 2.05) is 0 Å². The molecule has 0 spiro atoms. The Kier molecular flexibility index (Phi) is 3.65. The maximum Gasteiger partial charge on any atom is 0.336 e. The number of aliphatic hydroxyl groups is 1. The minimum absolute atomic E-state index is 0.381. The van der Waals surface area contributed by atoms with E-state index in [4.69, 9.17) is 5.11 Å². The highest BCUT2D eigenvalue weighted by atomic mass is 19.1. The van der Waals surface area contributed by atoms with Gasteiger partial charge in [-0.2, -0.15) is 0 Å². The zero-order valence-corrected chi connectivity index (χ0v) is 9.27. The molecule has 0 amide bonds. The summed E-state index contributed by atoms with van der Waals surface area (Å²) in [6, 6.07) is 5.52. The molecule has 1 aromatic carbocycles. The Labute approximate surface area is 93.5 Å². The maximum absolute atomic E-state index is 12.7. The van der Waals surface area contributed by atoms with Crippen molar-refractivity contribution < 1.29 is 19.4 Å². The molecule has 88 valence electrons. The highest BCUT2D eigenvalue weighted by molar-refractivity contribution is 5.78. The van der Waals surface area contributed by atoms with Crippen molar-refractivity contribution in [2.45, 2.75) is 31.8 Å². The number of carboxylic acids is 1. The highest BCUT2D eigenvalue weighted by Gasteiger charge is 2.39. The Morgan fingerprint density at radius 3 is 2.31 bits per heavy atom. The maximum atomic E-state index is 12.7. The molecule has 1 aromatic rings. The third-order valence-corrected chi connectivity index (χ3v) is 2.79. The minimum atomic E-state index is -1.84. The van der Waals surface area contributed by atoms with Crippen LogP contribution < -0.4 is 0 Å². The smallest absolute Gasteiger partial charge is 0.336 e. The summed E-state index contributed by atoms with van der Waals surface area (Å²) in [7, 11) is 0. The Bertz CT molecular complexity index is 370. The van der Waals surface area contributed by atoms with E-state index in [1.54, 1.807) is 6.92 Å². The lowest BCUT2D eigenvalue weighted by Gasteiger charge is -2.28. The van der Waals surface area contributed by atoms with E-state index in [-0.39, 0.29) is 5.82 Å². The molecule has 0 aliphatic carbocycles. The molecule has 1 rings (SSSR count). The number of hydrogen-bond donors (Lipinski definition) is 2. The SMILES string of the molecule is CCC(c1ccc(F)cc1)C(C)(O)C(=O)O. The van der Waals surface area contributed by atoms with Gasteiger partial charge in [-0.1, -0.05) is 19.1 Å². The monoisotopic (exact) mass is 226 g/mol. The summed E-state index contributed by atoms with van der Waals surface area (Å²) in [6.07, 6.45) is 0.463. The molecule has 2 N–H and O–H groups in total. The van der Waals surface area contributed by atoms with Gasteiger partial charge in [0, 0.05) is 5.92 Å². The van der Waals surface area contributed by atoms with E-state index in [0.29, 0.717) is 12.0 Å². The molecule has 0 heterocycles. The van der Waals surface area contributed by atoms with Gasteiger partial charge in [-0.3, -0.25) is 0 Å². The fraction of sp³-hybridized carbons (Fsp3) is 0.417. The number of carboxylic acid groups (broad SMARTS) is 1. The number of halogens is 1. The molecule has 0 saturated carbocycles. The van der Waals surface area contributed by atoms with Gasteiger partial charge in [-0.05, 0) is 31.0 Å². The summed E-state index contributed by atoms with van der Waals surface area (Å²) >= 11 is 0. The van der Waals surface area contributed by atoms with E-state index >= 15 is 0 Å². The van der Waals surface area contributed by atoms with Crippen LogP contribution >= 0.6 is 0 Å². The number of aliphatic carboxylic acids is 1. The van der Waals surface area contributed by atoms with E-state index in [2.05, 4.69) is 0 Å². The Balaban J connectivity index is 3.07. The Morgan fingerprint density at radius 2 is 1.94 bits per heavy atom. The van der Waals surface area contributed by atoms with Crippen molar-refractivity contribution in [1.82, 2.24) is 0 Å². The summed E-state index contributed by atoms with van der Waals surface area (Å²) in [4.78, 5) is 10.9. The lowest BCUT2D eigenvalue weighted by atomic mass is 9.81. The second-order valence-corrected chi connectivity index (χ2v) is 3.97. The van der Waals surface area contributed by atoms with E-state index in [0.717, 1.165) is 0 Å². The third-order valence-electron chi connectivity index (χ3n) is 2.79. The molecule has 0 aliphatic heterocycles. The largest absolute Gasteiger partial charge is 0.479 e. The molecule has 2 atom stereocenters. The normalized spacial score (nSPS) is 16.5. The molecule has 0 saturated heterocycles. The summed E-state index contributed by atoms with van der Waals surface area (Å²) in [5.41, 5.74) is -1.22. The quantitative estimate of drug-likeness (QED) is 0.827. The lowest BCUT2D eigenvalue weighted by molar-refractivity contribution is -0.159. The first-order valence-corrected chi connectivity index (χ1v) is 5.10. The van der Waals surface area contributed by atoms with Crippen LogP contribution in [0.1, 0.15) is 31.7 Å². The molecule has 3 nitrogen and oxygen atoms in total. The average Bonchev–Trinajstić information content (AvgIpc) is 2.21. The van der Waals surface area contributed by atoms with Crippen LogP contribution in [0.25, 0.3) is 0 Å². The van der Waals surface area contributed by atoms with E-state index in [1.165, 1.54) is 31.2 Å². The summed E-state index contributed by atoms with van der Waals surface area (Å²) in [5.74, 6) is -2.21. The van der Waals surface area contributed by atoms with Crippen molar-refractivity contribution >= 4 is 5.97 Å². The van der Waals surface area contributed by atoms with Crippen LogP contribution in [0.3, 0.4) is 0 Å². The van der Waals surface area contributed by atoms with Gasteiger partial charge >= 0.3 is 5.97 Å². The molecule has 0 aliphatic rings. The lowest BCUT2D eigenvalue weighted by Crippen LogP contribution is -2.41. The zero-order valence-electron chi connectivity index (χ0n) is 9.27. The summed E-state index contributed by atoms with van der Waals surface area (Å²) in [5, 5.41) is 18.8. The standard InChI is InChI=1S/C12H15FO3/c1-3-10(12(2,16)11(14)15)8-4-6-9(13)7-5-8/h4-7,10,16H,3H2,1-2H3,(H,14,15). The van der Waals surface area contributed by atoms with Gasteiger partial charge in [0.05, 0.1) is 0 Å². The number of hydrogen-bond acceptors (Lipinski definition) is 2. The van der Waals surface area contributed by atoms with Crippen LogP contribution in [0.5, 0.6) is 0 Å². The Morgan fingerprint density at radius 1 is 1.44 bits per heavy atom. The fourth-order valence-corrected chi connectivity index (χ4v) is 1.80.